The van der Waals surface area contributed by atoms with Gasteiger partial charge in [-0.2, -0.15) is 0 Å². The Hall–Kier alpha value is -2.00. The summed E-state index contributed by atoms with van der Waals surface area (Å²) in [6.07, 6.45) is 0.681. The Morgan fingerprint density at radius 3 is 2.84 bits per heavy atom. The number of halogens is 2. The number of nitrogens with one attached hydrogen (secondary N) is 2. The first kappa shape index (κ1) is 19.3. The van der Waals surface area contributed by atoms with E-state index in [2.05, 4.69) is 20.3 Å². The number of fused-ring (bicyclic) bond motifs is 1. The molecule has 6 nitrogen and oxygen atoms in total. The first-order valence-electron chi connectivity index (χ1n) is 7.50. The molecule has 0 fully saturated rings. The molecule has 0 aliphatic heterocycles. The Labute approximate surface area is 167 Å². The van der Waals surface area contributed by atoms with Crippen molar-refractivity contribution in [2.24, 2.45) is 10.7 Å². The molecular weight excluding hydrogens is 453 g/mol. The third kappa shape index (κ3) is 4.99. The number of aromatic amines is 1. The number of hydrogen-bond donors (Lipinski definition) is 3. The van der Waals surface area contributed by atoms with Crippen molar-refractivity contribution in [3.8, 4) is 5.75 Å². The number of guanidine groups is 1. The highest BCUT2D eigenvalue weighted by Gasteiger charge is 2.03. The molecule has 0 saturated heterocycles. The van der Waals surface area contributed by atoms with Gasteiger partial charge in [-0.15, -0.1) is 24.0 Å². The molecule has 8 heteroatoms. The molecule has 0 amide bonds. The number of anilines is 1. The van der Waals surface area contributed by atoms with Crippen LogP contribution < -0.4 is 15.8 Å². The molecule has 0 spiro atoms. The Bertz CT molecular complexity index is 847. The topological polar surface area (TPSA) is 88.3 Å². The van der Waals surface area contributed by atoms with Gasteiger partial charge in [-0.1, -0.05) is 23.7 Å². The van der Waals surface area contributed by atoms with Crippen LogP contribution >= 0.6 is 35.6 Å². The summed E-state index contributed by atoms with van der Waals surface area (Å²) in [6, 6.07) is 13.2. The van der Waals surface area contributed by atoms with Gasteiger partial charge < -0.3 is 20.8 Å². The Balaban J connectivity index is 0.00000225. The van der Waals surface area contributed by atoms with Crippen LogP contribution in [0.25, 0.3) is 11.0 Å². The first-order valence-corrected chi connectivity index (χ1v) is 7.87. The van der Waals surface area contributed by atoms with Gasteiger partial charge in [-0.05, 0) is 30.3 Å². The minimum absolute atomic E-state index is 0. The van der Waals surface area contributed by atoms with Gasteiger partial charge in [0, 0.05) is 18.7 Å². The minimum Gasteiger partial charge on any atom is -0.495 e. The lowest BCUT2D eigenvalue weighted by Gasteiger charge is -2.08. The molecule has 3 aromatic rings. The summed E-state index contributed by atoms with van der Waals surface area (Å²) in [6.45, 7) is 0.530. The van der Waals surface area contributed by atoms with Gasteiger partial charge in [-0.25, -0.2) is 4.98 Å². The van der Waals surface area contributed by atoms with Crippen LogP contribution in [0, 0.1) is 0 Å². The smallest absolute Gasteiger partial charge is 0.193 e. The van der Waals surface area contributed by atoms with E-state index in [1.165, 1.54) is 0 Å². The van der Waals surface area contributed by atoms with Crippen LogP contribution in [0.5, 0.6) is 5.75 Å². The highest BCUT2D eigenvalue weighted by atomic mass is 127. The fraction of sp³-hybridized carbons (Fsp3) is 0.176. The molecule has 2 aromatic carbocycles. The van der Waals surface area contributed by atoms with Crippen molar-refractivity contribution in [3.63, 3.8) is 0 Å². The summed E-state index contributed by atoms with van der Waals surface area (Å²) < 4.78 is 5.11. The van der Waals surface area contributed by atoms with Gasteiger partial charge in [0.15, 0.2) is 5.96 Å². The molecule has 0 aliphatic carbocycles. The summed E-state index contributed by atoms with van der Waals surface area (Å²) in [7, 11) is 1.57. The van der Waals surface area contributed by atoms with Crippen molar-refractivity contribution >= 4 is 58.3 Å². The van der Waals surface area contributed by atoms with E-state index in [-0.39, 0.29) is 24.0 Å². The van der Waals surface area contributed by atoms with E-state index >= 15 is 0 Å². The monoisotopic (exact) mass is 471 g/mol. The predicted molar refractivity (Wildman–Crippen MR) is 113 cm³/mol. The predicted octanol–water partition coefficient (Wildman–Crippen LogP) is 3.81. The zero-order chi connectivity index (χ0) is 16.9. The molecule has 1 aromatic heterocycles. The number of hydrogen-bond acceptors (Lipinski definition) is 3. The maximum absolute atomic E-state index is 6.08. The molecule has 4 N–H and O–H groups in total. The van der Waals surface area contributed by atoms with Crippen molar-refractivity contribution in [3.05, 3.63) is 53.3 Å². The number of rotatable bonds is 5. The molecule has 3 rings (SSSR count). The molecule has 0 saturated carbocycles. The second-order valence-electron chi connectivity index (χ2n) is 5.19. The van der Waals surface area contributed by atoms with Gasteiger partial charge in [0.2, 0.25) is 0 Å². The normalized spacial score (nSPS) is 11.2. The van der Waals surface area contributed by atoms with Crippen molar-refractivity contribution in [2.45, 2.75) is 6.42 Å². The number of aliphatic imine (C=N–C) groups is 1. The summed E-state index contributed by atoms with van der Waals surface area (Å²) in [5, 5.41) is 3.52. The fourth-order valence-corrected chi connectivity index (χ4v) is 2.60. The minimum atomic E-state index is 0. The van der Waals surface area contributed by atoms with Gasteiger partial charge in [0.05, 0.1) is 23.2 Å². The molecule has 25 heavy (non-hydrogen) atoms. The van der Waals surface area contributed by atoms with E-state index in [1.807, 2.05) is 30.3 Å². The van der Waals surface area contributed by atoms with E-state index in [4.69, 9.17) is 22.1 Å². The quantitative estimate of drug-likeness (QED) is 0.300. The number of ether oxygens (including phenoxy) is 1. The standard InChI is InChI=1S/C17H18ClN5O.HI/c1-24-15-7-6-11(10-12(15)18)21-17(19)20-9-8-16-22-13-4-2-3-5-14(13)23-16;/h2-7,10H,8-9H2,1H3,(H,22,23)(H3,19,20,21);1H. The van der Waals surface area contributed by atoms with Crippen molar-refractivity contribution in [1.82, 2.24) is 9.97 Å². The van der Waals surface area contributed by atoms with E-state index in [9.17, 15) is 0 Å². The Kier molecular flexibility index (Phi) is 6.89. The van der Waals surface area contributed by atoms with Crippen LogP contribution in [0.1, 0.15) is 5.82 Å². The van der Waals surface area contributed by atoms with Crippen LogP contribution in [0.3, 0.4) is 0 Å². The van der Waals surface area contributed by atoms with E-state index in [0.717, 1.165) is 22.5 Å². The molecule has 0 radical (unpaired) electrons. The molecule has 0 aliphatic rings. The number of nitrogens with two attached hydrogens (primary N) is 1. The SMILES string of the molecule is COc1ccc(NC(N)=NCCc2nc3ccccc3[nH]2)cc1Cl.I. The zero-order valence-electron chi connectivity index (χ0n) is 13.6. The van der Waals surface area contributed by atoms with E-state index in [0.29, 0.717) is 29.7 Å². The van der Waals surface area contributed by atoms with Gasteiger partial charge in [0.1, 0.15) is 11.6 Å². The molecule has 0 unspecified atom stereocenters. The van der Waals surface area contributed by atoms with Crippen LogP contribution in [0.15, 0.2) is 47.5 Å². The average Bonchev–Trinajstić information content (AvgIpc) is 2.97. The third-order valence-electron chi connectivity index (χ3n) is 3.49. The number of H-pyrrole nitrogens is 1. The lowest BCUT2D eigenvalue weighted by Crippen LogP contribution is -2.23. The van der Waals surface area contributed by atoms with Crippen molar-refractivity contribution < 1.29 is 4.74 Å². The Morgan fingerprint density at radius 1 is 1.32 bits per heavy atom. The number of aromatic nitrogens is 2. The lowest BCUT2D eigenvalue weighted by atomic mass is 10.3. The van der Waals surface area contributed by atoms with Gasteiger partial charge >= 0.3 is 0 Å². The third-order valence-corrected chi connectivity index (χ3v) is 3.79. The average molecular weight is 472 g/mol. The summed E-state index contributed by atoms with van der Waals surface area (Å²) in [4.78, 5) is 12.1. The van der Waals surface area contributed by atoms with E-state index in [1.54, 1.807) is 19.2 Å². The number of para-hydroxylation sites is 2. The number of imidazole rings is 1. The van der Waals surface area contributed by atoms with Crippen LogP contribution in [0.2, 0.25) is 5.02 Å². The maximum atomic E-state index is 6.08. The van der Waals surface area contributed by atoms with Gasteiger partial charge in [0.25, 0.3) is 0 Å². The molecule has 0 atom stereocenters. The fourth-order valence-electron chi connectivity index (χ4n) is 2.34. The second kappa shape index (κ2) is 8.91. The largest absolute Gasteiger partial charge is 0.495 e. The van der Waals surface area contributed by atoms with Crippen LogP contribution in [-0.2, 0) is 6.42 Å². The second-order valence-corrected chi connectivity index (χ2v) is 5.60. The summed E-state index contributed by atoms with van der Waals surface area (Å²) >= 11 is 6.08. The maximum Gasteiger partial charge on any atom is 0.193 e. The first-order chi connectivity index (χ1) is 11.7. The lowest BCUT2D eigenvalue weighted by molar-refractivity contribution is 0.415. The number of methoxy groups -OCH3 is 1. The zero-order valence-corrected chi connectivity index (χ0v) is 16.7. The van der Waals surface area contributed by atoms with Crippen molar-refractivity contribution in [1.29, 1.82) is 0 Å². The van der Waals surface area contributed by atoms with Crippen LogP contribution in [-0.4, -0.2) is 29.6 Å². The van der Waals surface area contributed by atoms with E-state index < -0.39 is 0 Å². The molecular formula is C17H19ClIN5O. The highest BCUT2D eigenvalue weighted by molar-refractivity contribution is 14.0. The highest BCUT2D eigenvalue weighted by Crippen LogP contribution is 2.27. The number of benzene rings is 2. The van der Waals surface area contributed by atoms with Crippen molar-refractivity contribution in [2.75, 3.05) is 19.0 Å². The number of nitrogens with zero attached hydrogens (tertiary/aromatic N) is 2. The molecule has 132 valence electrons. The summed E-state index contributed by atoms with van der Waals surface area (Å²) in [5.74, 6) is 1.83. The molecule has 1 heterocycles. The van der Waals surface area contributed by atoms with Crippen LogP contribution in [0.4, 0.5) is 5.69 Å². The van der Waals surface area contributed by atoms with Gasteiger partial charge in [-0.3, -0.25) is 4.99 Å². The molecule has 0 bridgehead atoms. The summed E-state index contributed by atoms with van der Waals surface area (Å²) in [5.41, 5.74) is 8.63. The Morgan fingerprint density at radius 2 is 2.12 bits per heavy atom.